The van der Waals surface area contributed by atoms with Gasteiger partial charge < -0.3 is 154 Å². The van der Waals surface area contributed by atoms with Crippen molar-refractivity contribution in [3.63, 3.8) is 0 Å². The van der Waals surface area contributed by atoms with Crippen molar-refractivity contribution in [2.24, 2.45) is 0 Å². The summed E-state index contributed by atoms with van der Waals surface area (Å²) in [6.45, 7) is -4.38. The fourth-order valence-corrected chi connectivity index (χ4v) is 8.17. The van der Waals surface area contributed by atoms with Crippen molar-refractivity contribution in [1.29, 1.82) is 0 Å². The van der Waals surface area contributed by atoms with Gasteiger partial charge >= 0.3 is 0 Å². The molecule has 0 radical (unpaired) electrons. The van der Waals surface area contributed by atoms with Crippen molar-refractivity contribution in [3.8, 4) is 0 Å². The van der Waals surface area contributed by atoms with Gasteiger partial charge in [0.15, 0.2) is 37.7 Å². The van der Waals surface area contributed by atoms with Gasteiger partial charge in [0.2, 0.25) is 0 Å². The zero-order chi connectivity index (χ0) is 50.0. The third-order valence-corrected chi connectivity index (χ3v) is 12.5. The first-order chi connectivity index (χ1) is 32.1. The van der Waals surface area contributed by atoms with E-state index in [0.29, 0.717) is 0 Å². The number of hydrogen-bond donors (Lipinski definition) is 19. The highest BCUT2D eigenvalue weighted by Crippen LogP contribution is 2.31. The van der Waals surface area contributed by atoms with Gasteiger partial charge in [-0.3, -0.25) is 0 Å². The first-order valence-corrected chi connectivity index (χ1v) is 21.5. The summed E-state index contributed by atoms with van der Waals surface area (Å²) in [7, 11) is 1.16. The van der Waals surface area contributed by atoms with E-state index in [1.165, 1.54) is 0 Å². The minimum absolute atomic E-state index is 0.606. The predicted octanol–water partition coefficient (Wildman–Crippen LogP) is -13.4. The van der Waals surface area contributed by atoms with Gasteiger partial charge in [-0.2, -0.15) is 0 Å². The second-order valence-corrected chi connectivity index (χ2v) is 17.2. The fraction of sp³-hybridized carbons (Fsp3) is 1.00. The minimum Gasteiger partial charge on any atom is -0.394 e. The summed E-state index contributed by atoms with van der Waals surface area (Å²) >= 11 is 0. The Labute approximate surface area is 384 Å². The van der Waals surface area contributed by atoms with E-state index in [1.807, 2.05) is 0 Å². The van der Waals surface area contributed by atoms with Crippen LogP contribution in [0.2, 0.25) is 0 Å². The second kappa shape index (κ2) is 24.2. The number of hydrogen-bond acceptors (Lipinski definition) is 31. The molecular weight excluding hydrogens is 940 g/mol. The Morgan fingerprint density at radius 1 is 0.250 bits per heavy atom. The molecule has 31 nitrogen and oxygen atoms in total. The van der Waals surface area contributed by atoms with Crippen molar-refractivity contribution in [1.82, 2.24) is 0 Å². The van der Waals surface area contributed by atoms with Gasteiger partial charge in [-0.05, 0) is 0 Å². The van der Waals surface area contributed by atoms with Crippen molar-refractivity contribution in [3.05, 3.63) is 0 Å². The Hall–Kier alpha value is -1.24. The van der Waals surface area contributed by atoms with Gasteiger partial charge in [0.05, 0.1) is 39.6 Å². The van der Waals surface area contributed by atoms with E-state index >= 15 is 0 Å². The Morgan fingerprint density at radius 3 is 0.632 bits per heavy atom. The van der Waals surface area contributed by atoms with Crippen LogP contribution in [0.1, 0.15) is 0 Å². The van der Waals surface area contributed by atoms with Gasteiger partial charge in [-0.15, -0.1) is 0 Å². The van der Waals surface area contributed by atoms with Gasteiger partial charge in [0.1, 0.15) is 146 Å². The molecule has 0 aromatic heterocycles. The van der Waals surface area contributed by atoms with Crippen LogP contribution in [0.25, 0.3) is 0 Å². The van der Waals surface area contributed by atoms with E-state index < -0.39 is 224 Å². The Morgan fingerprint density at radius 2 is 0.426 bits per heavy atom. The smallest absolute Gasteiger partial charge is 0.186 e. The number of aliphatic hydroxyl groups is 19. The van der Waals surface area contributed by atoms with Gasteiger partial charge in [0, 0.05) is 7.11 Å². The molecule has 6 aliphatic heterocycles. The molecular formula is C37H64O31. The summed E-state index contributed by atoms with van der Waals surface area (Å²) in [4.78, 5) is 0. The van der Waals surface area contributed by atoms with Crippen LogP contribution in [0.5, 0.6) is 0 Å². The largest absolute Gasteiger partial charge is 0.394 e. The zero-order valence-electron chi connectivity index (χ0n) is 36.0. The third kappa shape index (κ3) is 12.1. The average Bonchev–Trinajstić information content (AvgIpc) is 3.33. The lowest BCUT2D eigenvalue weighted by Gasteiger charge is -2.44. The lowest BCUT2D eigenvalue weighted by Crippen LogP contribution is -2.63. The molecule has 398 valence electrons. The molecule has 6 heterocycles. The monoisotopic (exact) mass is 1000 g/mol. The van der Waals surface area contributed by atoms with Crippen molar-refractivity contribution >= 4 is 0 Å². The molecule has 17 unspecified atom stereocenters. The number of ether oxygens (including phenoxy) is 12. The van der Waals surface area contributed by atoms with Crippen LogP contribution in [-0.4, -0.2) is 328 Å². The van der Waals surface area contributed by atoms with E-state index in [1.54, 1.807) is 0 Å². The van der Waals surface area contributed by atoms with Crippen molar-refractivity contribution in [2.75, 3.05) is 46.8 Å². The maximum atomic E-state index is 10.7. The number of rotatable bonds is 17. The van der Waals surface area contributed by atoms with Crippen LogP contribution >= 0.6 is 0 Å². The highest BCUT2D eigenvalue weighted by atomic mass is 16.8. The van der Waals surface area contributed by atoms with Crippen LogP contribution < -0.4 is 0 Å². The first-order valence-electron chi connectivity index (χ1n) is 21.5. The van der Waals surface area contributed by atoms with Crippen LogP contribution in [-0.2, 0) is 56.8 Å². The lowest BCUT2D eigenvalue weighted by molar-refractivity contribution is -0.352. The molecule has 6 aliphatic rings. The van der Waals surface area contributed by atoms with E-state index in [9.17, 15) is 97.0 Å². The predicted molar refractivity (Wildman–Crippen MR) is 204 cm³/mol. The summed E-state index contributed by atoms with van der Waals surface area (Å²) in [6, 6.07) is 0. The molecule has 6 fully saturated rings. The van der Waals surface area contributed by atoms with Crippen LogP contribution in [0.15, 0.2) is 0 Å². The van der Waals surface area contributed by atoms with Gasteiger partial charge in [-0.25, -0.2) is 0 Å². The molecule has 0 aromatic rings. The number of methoxy groups -OCH3 is 1. The van der Waals surface area contributed by atoms with Crippen LogP contribution in [0.3, 0.4) is 0 Å². The molecule has 6 saturated heterocycles. The van der Waals surface area contributed by atoms with E-state index in [-0.39, 0.29) is 0 Å². The Balaban J connectivity index is 1.01. The standard InChI is InChI=1S/C37H64O31/c1-57-32-26(51)21(46)15(40)9(64-32)3-59-34-28(53)23(48)17(42)11(66-34)5-61-36-30(55)25(50)19(44)13(68-36)7-62-37-31(56)24(49)18(43)12(67-37)6-60-35-29(54)22(47)16(41)10(65-35)4-58-33-27(52)20(45)14(39)8(2-38)63-33/h8-56H,2-7H2,1H3/t8?,9?,10?,11?,12?,13?,14?,15-,16-,17?,18?,19-,20+,21?,22?,23+,24+,25?,26-,27?,28?,29-,30-,31?,32+,33-,34-,35?,36?,37-/m1/s1. The summed E-state index contributed by atoms with van der Waals surface area (Å²) in [6.07, 6.45) is -52.8. The minimum atomic E-state index is -2.00. The van der Waals surface area contributed by atoms with E-state index in [0.717, 1.165) is 7.11 Å². The molecule has 30 atom stereocenters. The van der Waals surface area contributed by atoms with Crippen LogP contribution in [0, 0.1) is 0 Å². The molecule has 68 heavy (non-hydrogen) atoms. The fourth-order valence-electron chi connectivity index (χ4n) is 8.17. The van der Waals surface area contributed by atoms with Crippen molar-refractivity contribution in [2.45, 2.75) is 184 Å². The quantitative estimate of drug-likeness (QED) is 0.0643. The average molecular weight is 1000 g/mol. The molecule has 0 bridgehead atoms. The maximum Gasteiger partial charge on any atom is 0.186 e. The SMILES string of the molecule is CO[C@H]1OC(CO[C@@H]2OC(COC3OC(CO[C@@H]4OC(COC5OC(CO[C@@H]6OC(CO)C(O)[C@H](O)C6O)[C@@H](O)C(O)[C@H]5O)C(O)[C@H](O)C4O)[C@@H](O)C(O)[C@H]3O)C(O)[C@H](O)C2O)[C@@H](O)C(O)[C@H]1O. The van der Waals surface area contributed by atoms with E-state index in [4.69, 9.17) is 56.8 Å². The molecule has 31 heteroatoms. The Bertz CT molecular complexity index is 1410. The van der Waals surface area contributed by atoms with Gasteiger partial charge in [-0.1, -0.05) is 0 Å². The number of aliphatic hydroxyl groups excluding tert-OH is 19. The molecule has 0 aliphatic carbocycles. The van der Waals surface area contributed by atoms with E-state index in [2.05, 4.69) is 0 Å². The van der Waals surface area contributed by atoms with Crippen molar-refractivity contribution < 1.29 is 154 Å². The first kappa shape index (κ1) is 56.1. The molecule has 0 spiro atoms. The molecule has 19 N–H and O–H groups in total. The highest BCUT2D eigenvalue weighted by molar-refractivity contribution is 4.96. The van der Waals surface area contributed by atoms with Gasteiger partial charge in [0.25, 0.3) is 0 Å². The molecule has 0 aromatic carbocycles. The highest BCUT2D eigenvalue weighted by Gasteiger charge is 2.52. The summed E-state index contributed by atoms with van der Waals surface area (Å²) in [5.74, 6) is 0. The molecule has 0 amide bonds. The Kier molecular flexibility index (Phi) is 19.9. The zero-order valence-corrected chi connectivity index (χ0v) is 36.0. The third-order valence-electron chi connectivity index (χ3n) is 12.5. The maximum absolute atomic E-state index is 10.7. The lowest BCUT2D eigenvalue weighted by atomic mass is 9.97. The molecule has 6 rings (SSSR count). The summed E-state index contributed by atoms with van der Waals surface area (Å²) in [5, 5.41) is 198. The molecule has 0 saturated carbocycles. The summed E-state index contributed by atoms with van der Waals surface area (Å²) < 4.78 is 65.3. The summed E-state index contributed by atoms with van der Waals surface area (Å²) in [5.41, 5.74) is 0. The van der Waals surface area contributed by atoms with Crippen LogP contribution in [0.4, 0.5) is 0 Å². The normalized spacial score (nSPS) is 52.8. The second-order valence-electron chi connectivity index (χ2n) is 17.2. The topological polar surface area (TPSA) is 495 Å².